The van der Waals surface area contributed by atoms with Crippen LogP contribution in [0.25, 0.3) is 0 Å². The van der Waals surface area contributed by atoms with Gasteiger partial charge in [-0.3, -0.25) is 0 Å². The predicted octanol–water partition coefficient (Wildman–Crippen LogP) is 3.64. The summed E-state index contributed by atoms with van der Waals surface area (Å²) in [5, 5.41) is 0. The van der Waals surface area contributed by atoms with E-state index in [2.05, 4.69) is 26.0 Å². The largest absolute Gasteiger partial charge is 0.147 e. The molecule has 0 heterocycles. The van der Waals surface area contributed by atoms with Crippen molar-refractivity contribution in [3.05, 3.63) is 21.0 Å². The first kappa shape index (κ1) is 15.4. The molecular weight excluding hydrogens is 270 g/mol. The van der Waals surface area contributed by atoms with E-state index in [0.717, 1.165) is 5.92 Å². The maximum Gasteiger partial charge on any atom is -0.147 e. The fraction of sp³-hybridized carbons (Fsp3) is 0.556. The molecule has 0 fully saturated rings. The molecule has 1 aliphatic rings. The fourth-order valence-electron chi connectivity index (χ4n) is 1.15. The summed E-state index contributed by atoms with van der Waals surface area (Å²) < 4.78 is 1.60. The van der Waals surface area contributed by atoms with Gasteiger partial charge in [0.05, 0.1) is 0 Å². The van der Waals surface area contributed by atoms with Gasteiger partial charge in [-0.15, -0.1) is 24.8 Å². The smallest absolute Gasteiger partial charge is 0.147 e. The topological polar surface area (TPSA) is 0 Å². The van der Waals surface area contributed by atoms with Gasteiger partial charge in [-0.05, 0) is 0 Å². The molecule has 0 saturated heterocycles. The van der Waals surface area contributed by atoms with Crippen molar-refractivity contribution in [2.45, 2.75) is 26.7 Å². The van der Waals surface area contributed by atoms with E-state index >= 15 is 0 Å². The van der Waals surface area contributed by atoms with Crippen LogP contribution in [0.3, 0.4) is 0 Å². The molecule has 1 aliphatic carbocycles. The van der Waals surface area contributed by atoms with E-state index in [9.17, 15) is 0 Å². The molecule has 3 heteroatoms. The van der Waals surface area contributed by atoms with E-state index < -0.39 is 0 Å². The van der Waals surface area contributed by atoms with Crippen LogP contribution in [-0.4, -0.2) is 0 Å². The normalized spacial score (nSPS) is 16.8. The Kier molecular flexibility index (Phi) is 9.45. The molecule has 0 aromatic rings. The van der Waals surface area contributed by atoms with E-state index in [1.807, 2.05) is 0 Å². The Hall–Kier alpha value is 0.943. The maximum absolute atomic E-state index is 2.31. The second kappa shape index (κ2) is 7.36. The van der Waals surface area contributed by atoms with Crippen molar-refractivity contribution >= 4 is 24.8 Å². The molecule has 0 aromatic carbocycles. The summed E-state index contributed by atoms with van der Waals surface area (Å²) in [7, 11) is 0. The zero-order valence-corrected chi connectivity index (χ0v) is 11.6. The second-order valence-electron chi connectivity index (χ2n) is 2.92. The minimum Gasteiger partial charge on any atom is -0.147 e. The van der Waals surface area contributed by atoms with Gasteiger partial charge in [0.15, 0.2) is 0 Å². The first-order valence-electron chi connectivity index (χ1n) is 3.85. The van der Waals surface area contributed by atoms with Crippen LogP contribution in [0.4, 0.5) is 0 Å². The van der Waals surface area contributed by atoms with Gasteiger partial charge in [-0.25, -0.2) is 0 Å². The van der Waals surface area contributed by atoms with Crippen LogP contribution in [0.5, 0.6) is 0 Å². The molecule has 0 amide bonds. The fourth-order valence-corrected chi connectivity index (χ4v) is 1.85. The molecule has 0 nitrogen and oxygen atoms in total. The third kappa shape index (κ3) is 4.26. The molecule has 12 heavy (non-hydrogen) atoms. The number of rotatable bonds is 2. The van der Waals surface area contributed by atoms with Crippen molar-refractivity contribution in [3.63, 3.8) is 0 Å². The molecule has 1 rings (SSSR count). The van der Waals surface area contributed by atoms with E-state index in [4.69, 9.17) is 0 Å². The summed E-state index contributed by atoms with van der Waals surface area (Å²) in [6, 6.07) is 0. The molecule has 0 spiro atoms. The van der Waals surface area contributed by atoms with Crippen molar-refractivity contribution in [1.29, 1.82) is 0 Å². The first-order chi connectivity index (χ1) is 4.74. The van der Waals surface area contributed by atoms with Gasteiger partial charge >= 0.3 is 78.3 Å². The van der Waals surface area contributed by atoms with Gasteiger partial charge in [0.2, 0.25) is 0 Å². The van der Waals surface area contributed by atoms with Gasteiger partial charge < -0.3 is 0 Å². The van der Waals surface area contributed by atoms with Gasteiger partial charge in [0.1, 0.15) is 0 Å². The SMILES string of the molecule is CCC(C)C1=CC=[C]([Zr])C1.Cl.Cl. The third-order valence-corrected chi connectivity index (χ3v) is 2.98. The third-order valence-electron chi connectivity index (χ3n) is 2.14. The molecule has 0 radical (unpaired) electrons. The molecule has 1 unspecified atom stereocenters. The van der Waals surface area contributed by atoms with Crippen LogP contribution in [0.1, 0.15) is 26.7 Å². The van der Waals surface area contributed by atoms with Gasteiger partial charge in [0.25, 0.3) is 0 Å². The van der Waals surface area contributed by atoms with Crippen molar-refractivity contribution < 1.29 is 24.7 Å². The Bertz CT molecular complexity index is 185. The summed E-state index contributed by atoms with van der Waals surface area (Å²) in [5.41, 5.74) is 1.63. The van der Waals surface area contributed by atoms with Gasteiger partial charge in [-0.2, -0.15) is 0 Å². The molecule has 1 atom stereocenters. The van der Waals surface area contributed by atoms with Gasteiger partial charge in [0, 0.05) is 0 Å². The van der Waals surface area contributed by atoms with Gasteiger partial charge in [-0.1, -0.05) is 0 Å². The van der Waals surface area contributed by atoms with E-state index in [-0.39, 0.29) is 24.8 Å². The number of hydrogen-bond acceptors (Lipinski definition) is 0. The standard InChI is InChI=1S/C9H13.2ClH.Zr/c1-3-8(2)9-6-4-5-7-9;;;/h4,6,8H,3,7H2,1-2H3;2*1H;. The number of hydrogen-bond donors (Lipinski definition) is 0. The Morgan fingerprint density at radius 3 is 2.33 bits per heavy atom. The van der Waals surface area contributed by atoms with Crippen molar-refractivity contribution in [2.24, 2.45) is 5.92 Å². The molecular formula is C9H15Cl2Zr. The molecule has 69 valence electrons. The Morgan fingerprint density at radius 1 is 1.42 bits per heavy atom. The van der Waals surface area contributed by atoms with Crippen LogP contribution < -0.4 is 0 Å². The Balaban J connectivity index is 0. The molecule has 0 saturated carbocycles. The van der Waals surface area contributed by atoms with Crippen molar-refractivity contribution in [3.8, 4) is 0 Å². The van der Waals surface area contributed by atoms with E-state index in [1.165, 1.54) is 12.8 Å². The van der Waals surface area contributed by atoms with E-state index in [0.29, 0.717) is 0 Å². The second-order valence-corrected chi connectivity index (χ2v) is 4.50. The molecule has 0 aliphatic heterocycles. The number of allylic oxidation sites excluding steroid dienone is 4. The molecule has 0 aromatic heterocycles. The summed E-state index contributed by atoms with van der Waals surface area (Å²) in [4.78, 5) is 0. The summed E-state index contributed by atoms with van der Waals surface area (Å²) in [6.07, 6.45) is 7.12. The summed E-state index contributed by atoms with van der Waals surface area (Å²) in [6.45, 7) is 4.57. The average molecular weight is 285 g/mol. The molecule has 0 N–H and O–H groups in total. The zero-order chi connectivity index (χ0) is 7.56. The maximum atomic E-state index is 2.31. The van der Waals surface area contributed by atoms with Crippen LogP contribution in [-0.2, 0) is 24.7 Å². The van der Waals surface area contributed by atoms with Crippen LogP contribution in [0.15, 0.2) is 21.0 Å². The predicted molar refractivity (Wildman–Crippen MR) is 54.7 cm³/mol. The quantitative estimate of drug-likeness (QED) is 0.726. The van der Waals surface area contributed by atoms with Crippen molar-refractivity contribution in [2.75, 3.05) is 0 Å². The summed E-state index contributed by atoms with van der Waals surface area (Å²) >= 11 is 1.58. The minimum absolute atomic E-state index is 0. The monoisotopic (exact) mass is 283 g/mol. The number of halogens is 2. The van der Waals surface area contributed by atoms with Crippen LogP contribution >= 0.6 is 24.8 Å². The van der Waals surface area contributed by atoms with Crippen LogP contribution in [0.2, 0.25) is 0 Å². The first-order valence-corrected chi connectivity index (χ1v) is 5.08. The summed E-state index contributed by atoms with van der Waals surface area (Å²) in [5.74, 6) is 0.800. The molecule has 0 bridgehead atoms. The van der Waals surface area contributed by atoms with Crippen LogP contribution in [0, 0.1) is 5.92 Å². The average Bonchev–Trinajstić information content (AvgIpc) is 2.34. The zero-order valence-electron chi connectivity index (χ0n) is 7.46. The van der Waals surface area contributed by atoms with E-state index in [1.54, 1.807) is 33.6 Å². The van der Waals surface area contributed by atoms with Crippen molar-refractivity contribution in [1.82, 2.24) is 0 Å². The Morgan fingerprint density at radius 2 is 2.00 bits per heavy atom. The Labute approximate surface area is 103 Å². The minimum atomic E-state index is 0.